The van der Waals surface area contributed by atoms with Gasteiger partial charge in [0.1, 0.15) is 0 Å². The van der Waals surface area contributed by atoms with Crippen LogP contribution in [-0.4, -0.2) is 67.8 Å². The van der Waals surface area contributed by atoms with E-state index in [1.54, 1.807) is 23.7 Å². The van der Waals surface area contributed by atoms with Gasteiger partial charge in [-0.3, -0.25) is 9.69 Å². The second kappa shape index (κ2) is 8.05. The molecule has 0 saturated carbocycles. The quantitative estimate of drug-likeness (QED) is 0.820. The van der Waals surface area contributed by atoms with Crippen LogP contribution in [0.4, 0.5) is 10.5 Å². The van der Waals surface area contributed by atoms with Gasteiger partial charge in [-0.15, -0.1) is 11.8 Å². The molecule has 1 aliphatic heterocycles. The van der Waals surface area contributed by atoms with Crippen LogP contribution in [0, 0.1) is 0 Å². The second-order valence-electron chi connectivity index (χ2n) is 5.10. The molecule has 2 N–H and O–H groups in total. The first kappa shape index (κ1) is 16.6. The van der Waals surface area contributed by atoms with E-state index in [1.165, 1.54) is 0 Å². The Labute approximate surface area is 135 Å². The first-order chi connectivity index (χ1) is 10.6. The fourth-order valence-electron chi connectivity index (χ4n) is 2.29. The number of thioether (sulfide) groups is 1. The second-order valence-corrected chi connectivity index (χ2v) is 5.98. The van der Waals surface area contributed by atoms with Crippen LogP contribution in [0.3, 0.4) is 0 Å². The molecule has 7 heteroatoms. The van der Waals surface area contributed by atoms with Crippen molar-refractivity contribution in [1.29, 1.82) is 0 Å². The van der Waals surface area contributed by atoms with Gasteiger partial charge in [0.05, 0.1) is 6.54 Å². The van der Waals surface area contributed by atoms with E-state index in [4.69, 9.17) is 0 Å². The molecule has 1 aliphatic rings. The Hall–Kier alpha value is -1.73. The summed E-state index contributed by atoms with van der Waals surface area (Å²) in [6.45, 7) is 3.08. The third kappa shape index (κ3) is 4.64. The Morgan fingerprint density at radius 2 is 1.95 bits per heavy atom. The molecule has 0 radical (unpaired) electrons. The number of amides is 3. The van der Waals surface area contributed by atoms with Gasteiger partial charge in [0.15, 0.2) is 0 Å². The molecule has 0 aliphatic carbocycles. The van der Waals surface area contributed by atoms with Gasteiger partial charge in [0.2, 0.25) is 5.91 Å². The lowest BCUT2D eigenvalue weighted by molar-refractivity contribution is -0.122. The lowest BCUT2D eigenvalue weighted by Gasteiger charge is -2.34. The average Bonchev–Trinajstić information content (AvgIpc) is 2.55. The third-order valence-corrected chi connectivity index (χ3v) is 4.35. The van der Waals surface area contributed by atoms with E-state index in [0.29, 0.717) is 32.7 Å². The van der Waals surface area contributed by atoms with Crippen molar-refractivity contribution in [2.45, 2.75) is 4.90 Å². The Balaban J connectivity index is 1.83. The minimum Gasteiger partial charge on any atom is -0.358 e. The predicted octanol–water partition coefficient (Wildman–Crippen LogP) is 1.30. The first-order valence-corrected chi connectivity index (χ1v) is 8.48. The molecule has 0 aromatic heterocycles. The third-order valence-electron chi connectivity index (χ3n) is 3.63. The van der Waals surface area contributed by atoms with Crippen molar-refractivity contribution in [3.05, 3.63) is 24.3 Å². The summed E-state index contributed by atoms with van der Waals surface area (Å²) in [6, 6.07) is 7.71. The minimum absolute atomic E-state index is 0.00628. The summed E-state index contributed by atoms with van der Waals surface area (Å²) in [7, 11) is 1.63. The highest BCUT2D eigenvalue weighted by molar-refractivity contribution is 7.98. The molecule has 0 unspecified atom stereocenters. The summed E-state index contributed by atoms with van der Waals surface area (Å²) in [4.78, 5) is 28.6. The smallest absolute Gasteiger partial charge is 0.321 e. The number of piperazine rings is 1. The van der Waals surface area contributed by atoms with Crippen molar-refractivity contribution in [3.8, 4) is 0 Å². The highest BCUT2D eigenvalue weighted by Gasteiger charge is 2.22. The largest absolute Gasteiger partial charge is 0.358 e. The van der Waals surface area contributed by atoms with Crippen molar-refractivity contribution in [3.63, 3.8) is 0 Å². The number of benzene rings is 1. The number of likely N-dealkylation sites (N-methyl/N-ethyl adjacent to an activating group) is 1. The number of hydrogen-bond donors (Lipinski definition) is 2. The van der Waals surface area contributed by atoms with E-state index < -0.39 is 0 Å². The van der Waals surface area contributed by atoms with Gasteiger partial charge in [0, 0.05) is 43.8 Å². The maximum Gasteiger partial charge on any atom is 0.321 e. The zero-order valence-corrected chi connectivity index (χ0v) is 13.8. The molecule has 1 aromatic rings. The molecular formula is C15H22N4O2S. The van der Waals surface area contributed by atoms with Crippen molar-refractivity contribution >= 4 is 29.4 Å². The van der Waals surface area contributed by atoms with E-state index in [-0.39, 0.29) is 11.9 Å². The molecule has 1 heterocycles. The van der Waals surface area contributed by atoms with Crippen LogP contribution < -0.4 is 10.6 Å². The highest BCUT2D eigenvalue weighted by Crippen LogP contribution is 2.19. The van der Waals surface area contributed by atoms with Gasteiger partial charge in [-0.1, -0.05) is 6.07 Å². The summed E-state index contributed by atoms with van der Waals surface area (Å²) < 4.78 is 0. The van der Waals surface area contributed by atoms with Crippen LogP contribution in [0.1, 0.15) is 0 Å². The van der Waals surface area contributed by atoms with Gasteiger partial charge < -0.3 is 15.5 Å². The molecular weight excluding hydrogens is 300 g/mol. The van der Waals surface area contributed by atoms with Crippen LogP contribution in [0.15, 0.2) is 29.2 Å². The molecule has 22 heavy (non-hydrogen) atoms. The van der Waals surface area contributed by atoms with E-state index in [9.17, 15) is 9.59 Å². The van der Waals surface area contributed by atoms with Crippen molar-refractivity contribution in [2.24, 2.45) is 0 Å². The normalized spacial score (nSPS) is 15.5. The number of nitrogens with zero attached hydrogens (tertiary/aromatic N) is 2. The lowest BCUT2D eigenvalue weighted by Crippen LogP contribution is -2.51. The topological polar surface area (TPSA) is 64.7 Å². The van der Waals surface area contributed by atoms with Gasteiger partial charge in [0.25, 0.3) is 0 Å². The SMILES string of the molecule is CNC(=O)CN1CCN(C(=O)Nc2cccc(SC)c2)CC1. The Morgan fingerprint density at radius 1 is 1.23 bits per heavy atom. The zero-order chi connectivity index (χ0) is 15.9. The minimum atomic E-state index is -0.0853. The van der Waals surface area contributed by atoms with Gasteiger partial charge >= 0.3 is 6.03 Å². The first-order valence-electron chi connectivity index (χ1n) is 7.25. The van der Waals surface area contributed by atoms with Crippen LogP contribution in [0.2, 0.25) is 0 Å². The van der Waals surface area contributed by atoms with Crippen molar-refractivity contribution in [2.75, 3.05) is 51.3 Å². The lowest BCUT2D eigenvalue weighted by atomic mass is 10.3. The number of urea groups is 1. The highest BCUT2D eigenvalue weighted by atomic mass is 32.2. The molecule has 2 rings (SSSR count). The van der Waals surface area contributed by atoms with E-state index >= 15 is 0 Å². The predicted molar refractivity (Wildman–Crippen MR) is 89.3 cm³/mol. The van der Waals surface area contributed by atoms with Gasteiger partial charge in [-0.2, -0.15) is 0 Å². The summed E-state index contributed by atoms with van der Waals surface area (Å²) in [5, 5.41) is 5.54. The van der Waals surface area contributed by atoms with Gasteiger partial charge in [-0.25, -0.2) is 4.79 Å². The van der Waals surface area contributed by atoms with Crippen LogP contribution in [-0.2, 0) is 4.79 Å². The maximum atomic E-state index is 12.3. The Kier molecular flexibility index (Phi) is 6.09. The summed E-state index contributed by atoms with van der Waals surface area (Å²) in [5.41, 5.74) is 0.810. The molecule has 1 fully saturated rings. The van der Waals surface area contributed by atoms with E-state index in [0.717, 1.165) is 10.6 Å². The zero-order valence-electron chi connectivity index (χ0n) is 13.0. The molecule has 3 amide bonds. The molecule has 0 spiro atoms. The van der Waals surface area contributed by atoms with Gasteiger partial charge in [-0.05, 0) is 24.5 Å². The number of rotatable bonds is 4. The molecule has 0 atom stereocenters. The molecule has 0 bridgehead atoms. The van der Waals surface area contributed by atoms with E-state index in [1.807, 2.05) is 30.5 Å². The number of carbonyl (C=O) groups excluding carboxylic acids is 2. The van der Waals surface area contributed by atoms with Crippen LogP contribution in [0.25, 0.3) is 0 Å². The molecule has 6 nitrogen and oxygen atoms in total. The maximum absolute atomic E-state index is 12.3. The fraction of sp³-hybridized carbons (Fsp3) is 0.467. The standard InChI is InChI=1S/C15H22N4O2S/c1-16-14(20)11-18-6-8-19(9-7-18)15(21)17-12-4-3-5-13(10-12)22-2/h3-5,10H,6-9,11H2,1-2H3,(H,16,20)(H,17,21). The summed E-state index contributed by atoms with van der Waals surface area (Å²) in [6.07, 6.45) is 2.01. The number of carbonyl (C=O) groups is 2. The monoisotopic (exact) mass is 322 g/mol. The Morgan fingerprint density at radius 3 is 2.59 bits per heavy atom. The molecule has 1 aromatic carbocycles. The number of nitrogens with one attached hydrogen (secondary N) is 2. The molecule has 120 valence electrons. The van der Waals surface area contributed by atoms with E-state index in [2.05, 4.69) is 15.5 Å². The average molecular weight is 322 g/mol. The van der Waals surface area contributed by atoms with Crippen molar-refractivity contribution < 1.29 is 9.59 Å². The summed E-state index contributed by atoms with van der Waals surface area (Å²) in [5.74, 6) is 0.00628. The number of hydrogen-bond acceptors (Lipinski definition) is 4. The van der Waals surface area contributed by atoms with Crippen LogP contribution in [0.5, 0.6) is 0 Å². The number of anilines is 1. The van der Waals surface area contributed by atoms with Crippen LogP contribution >= 0.6 is 11.8 Å². The Bertz CT molecular complexity index is 530. The summed E-state index contributed by atoms with van der Waals surface area (Å²) >= 11 is 1.64. The van der Waals surface area contributed by atoms with Crippen molar-refractivity contribution in [1.82, 2.24) is 15.1 Å². The fourth-order valence-corrected chi connectivity index (χ4v) is 2.75. The molecule has 1 saturated heterocycles.